The van der Waals surface area contributed by atoms with Gasteiger partial charge in [0.1, 0.15) is 18.1 Å². The van der Waals surface area contributed by atoms with Crippen LogP contribution < -0.4 is 15.0 Å². The maximum atomic E-state index is 13.7. The van der Waals surface area contributed by atoms with Crippen molar-refractivity contribution in [3.8, 4) is 5.75 Å². The van der Waals surface area contributed by atoms with Gasteiger partial charge in [-0.05, 0) is 24.3 Å². The molecule has 0 saturated heterocycles. The predicted octanol–water partition coefficient (Wildman–Crippen LogP) is 2.03. The molecule has 0 fully saturated rings. The third kappa shape index (κ3) is 3.64. The number of fused-ring (bicyclic) bond motifs is 1. The van der Waals surface area contributed by atoms with E-state index in [1.165, 1.54) is 18.2 Å². The number of carbonyl (C=O) groups is 3. The van der Waals surface area contributed by atoms with Crippen LogP contribution in [0.15, 0.2) is 48.5 Å². The van der Waals surface area contributed by atoms with Crippen LogP contribution in [0.1, 0.15) is 6.42 Å². The largest absolute Gasteiger partial charge is 0.481 e. The van der Waals surface area contributed by atoms with E-state index in [2.05, 4.69) is 5.32 Å². The molecule has 134 valence electrons. The van der Waals surface area contributed by atoms with Gasteiger partial charge in [-0.1, -0.05) is 24.3 Å². The van der Waals surface area contributed by atoms with Crippen LogP contribution in [0.25, 0.3) is 0 Å². The van der Waals surface area contributed by atoms with Crippen molar-refractivity contribution in [1.29, 1.82) is 0 Å². The summed E-state index contributed by atoms with van der Waals surface area (Å²) in [4.78, 5) is 37.0. The third-order valence-corrected chi connectivity index (χ3v) is 3.78. The number of carboxylic acids is 1. The highest BCUT2D eigenvalue weighted by Crippen LogP contribution is 2.34. The average molecular weight is 358 g/mol. The number of amides is 2. The highest BCUT2D eigenvalue weighted by Gasteiger charge is 2.36. The molecule has 0 aliphatic carbocycles. The van der Waals surface area contributed by atoms with Gasteiger partial charge in [-0.2, -0.15) is 0 Å². The molecule has 0 saturated carbocycles. The quantitative estimate of drug-likeness (QED) is 0.853. The summed E-state index contributed by atoms with van der Waals surface area (Å²) in [7, 11) is 0. The minimum absolute atomic E-state index is 0.00594. The first-order valence-electron chi connectivity index (χ1n) is 7.79. The van der Waals surface area contributed by atoms with Crippen molar-refractivity contribution in [2.45, 2.75) is 12.5 Å². The van der Waals surface area contributed by atoms with E-state index in [0.717, 1.165) is 4.90 Å². The van der Waals surface area contributed by atoms with Crippen molar-refractivity contribution in [2.75, 3.05) is 16.8 Å². The van der Waals surface area contributed by atoms with Gasteiger partial charge in [0.2, 0.25) is 5.91 Å². The molecule has 1 atom stereocenters. The van der Waals surface area contributed by atoms with Crippen LogP contribution in [-0.4, -0.2) is 35.5 Å². The number of hydrogen-bond acceptors (Lipinski definition) is 4. The van der Waals surface area contributed by atoms with Crippen LogP contribution in [0.2, 0.25) is 0 Å². The zero-order valence-corrected chi connectivity index (χ0v) is 13.5. The molecule has 0 radical (unpaired) electrons. The van der Waals surface area contributed by atoms with Crippen LogP contribution in [0.5, 0.6) is 5.75 Å². The Kier molecular flexibility index (Phi) is 4.83. The van der Waals surface area contributed by atoms with Crippen LogP contribution >= 0.6 is 0 Å². The fourth-order valence-corrected chi connectivity index (χ4v) is 2.62. The number of para-hydroxylation sites is 3. The van der Waals surface area contributed by atoms with E-state index < -0.39 is 42.7 Å². The summed E-state index contributed by atoms with van der Waals surface area (Å²) in [5.74, 6) is -2.75. The van der Waals surface area contributed by atoms with Crippen molar-refractivity contribution in [3.63, 3.8) is 0 Å². The smallest absolute Gasteiger partial charge is 0.307 e. The summed E-state index contributed by atoms with van der Waals surface area (Å²) in [6.45, 7) is -0.399. The summed E-state index contributed by atoms with van der Waals surface area (Å²) >= 11 is 0. The Bertz CT molecular complexity index is 870. The Morgan fingerprint density at radius 2 is 1.85 bits per heavy atom. The molecule has 26 heavy (non-hydrogen) atoms. The lowest BCUT2D eigenvalue weighted by molar-refractivity contribution is -0.142. The molecule has 2 N–H and O–H groups in total. The Hall–Kier alpha value is -3.42. The van der Waals surface area contributed by atoms with Gasteiger partial charge in [-0.25, -0.2) is 4.39 Å². The van der Waals surface area contributed by atoms with Gasteiger partial charge >= 0.3 is 5.97 Å². The molecule has 0 spiro atoms. The zero-order valence-electron chi connectivity index (χ0n) is 13.5. The molecule has 2 aromatic rings. The van der Waals surface area contributed by atoms with Crippen molar-refractivity contribution in [2.24, 2.45) is 0 Å². The number of carbonyl (C=O) groups excluding carboxylic acids is 2. The van der Waals surface area contributed by atoms with Crippen LogP contribution in [0.4, 0.5) is 15.8 Å². The van der Waals surface area contributed by atoms with Crippen LogP contribution in [0.3, 0.4) is 0 Å². The van der Waals surface area contributed by atoms with E-state index in [9.17, 15) is 18.8 Å². The monoisotopic (exact) mass is 358 g/mol. The lowest BCUT2D eigenvalue weighted by Gasteiger charge is -2.33. The second-order valence-corrected chi connectivity index (χ2v) is 5.62. The maximum absolute atomic E-state index is 13.7. The molecule has 0 aromatic heterocycles. The number of ether oxygens (including phenoxy) is 1. The first-order chi connectivity index (χ1) is 12.5. The molecule has 1 aliphatic heterocycles. The lowest BCUT2D eigenvalue weighted by atomic mass is 10.1. The number of carboxylic acid groups (broad SMARTS) is 1. The second kappa shape index (κ2) is 7.22. The number of hydrogen-bond donors (Lipinski definition) is 2. The van der Waals surface area contributed by atoms with E-state index >= 15 is 0 Å². The Morgan fingerprint density at radius 1 is 1.15 bits per heavy atom. The molecule has 1 aliphatic rings. The van der Waals surface area contributed by atoms with E-state index in [-0.39, 0.29) is 5.69 Å². The number of halogens is 1. The molecule has 1 heterocycles. The summed E-state index contributed by atoms with van der Waals surface area (Å²) in [6, 6.07) is 12.2. The Morgan fingerprint density at radius 3 is 2.58 bits per heavy atom. The van der Waals surface area contributed by atoms with Gasteiger partial charge < -0.3 is 15.2 Å². The van der Waals surface area contributed by atoms with Crippen molar-refractivity contribution >= 4 is 29.2 Å². The normalized spacial score (nSPS) is 15.8. The summed E-state index contributed by atoms with van der Waals surface area (Å²) in [5, 5.41) is 11.4. The Balaban J connectivity index is 1.82. The molecular weight excluding hydrogens is 343 g/mol. The minimum Gasteiger partial charge on any atom is -0.481 e. The van der Waals surface area contributed by atoms with Gasteiger partial charge in [0, 0.05) is 0 Å². The topological polar surface area (TPSA) is 95.9 Å². The van der Waals surface area contributed by atoms with Crippen molar-refractivity contribution in [1.82, 2.24) is 0 Å². The van der Waals surface area contributed by atoms with E-state index in [0.29, 0.717) is 11.4 Å². The average Bonchev–Trinajstić information content (AvgIpc) is 2.60. The number of nitrogens with zero attached hydrogens (tertiary/aromatic N) is 1. The third-order valence-electron chi connectivity index (χ3n) is 3.78. The number of rotatable bonds is 5. The molecule has 2 amide bonds. The molecule has 7 nitrogen and oxygen atoms in total. The number of nitrogens with one attached hydrogen (secondary N) is 1. The predicted molar refractivity (Wildman–Crippen MR) is 90.5 cm³/mol. The number of benzene rings is 2. The van der Waals surface area contributed by atoms with E-state index in [1.54, 1.807) is 30.3 Å². The summed E-state index contributed by atoms with van der Waals surface area (Å²) in [5.41, 5.74) is 0.344. The van der Waals surface area contributed by atoms with E-state index in [1.807, 2.05) is 0 Å². The SMILES string of the molecule is O=C(O)CC1Oc2ccccc2N(CC(=O)Nc2ccccc2F)C1=O. The first-order valence-corrected chi connectivity index (χ1v) is 7.79. The standard InChI is InChI=1S/C18H15FN2O5/c19-11-5-1-2-6-12(11)20-16(22)10-21-13-7-3-4-8-14(13)26-15(18(21)25)9-17(23)24/h1-8,15H,9-10H2,(H,20,22)(H,23,24). The Labute approximate surface area is 148 Å². The molecule has 2 aromatic carbocycles. The van der Waals surface area contributed by atoms with E-state index in [4.69, 9.17) is 9.84 Å². The molecular formula is C18H15FN2O5. The van der Waals surface area contributed by atoms with Crippen LogP contribution in [-0.2, 0) is 14.4 Å². The van der Waals surface area contributed by atoms with Gasteiger partial charge in [-0.15, -0.1) is 0 Å². The summed E-state index contributed by atoms with van der Waals surface area (Å²) < 4.78 is 19.1. The van der Waals surface area contributed by atoms with Gasteiger partial charge in [0.05, 0.1) is 17.8 Å². The highest BCUT2D eigenvalue weighted by molar-refractivity contribution is 6.07. The van der Waals surface area contributed by atoms with Crippen molar-refractivity contribution in [3.05, 3.63) is 54.3 Å². The maximum Gasteiger partial charge on any atom is 0.307 e. The molecule has 8 heteroatoms. The number of anilines is 2. The second-order valence-electron chi connectivity index (χ2n) is 5.62. The minimum atomic E-state index is -1.23. The van der Waals surface area contributed by atoms with Gasteiger partial charge in [0.25, 0.3) is 5.91 Å². The van der Waals surface area contributed by atoms with Gasteiger partial charge in [-0.3, -0.25) is 19.3 Å². The molecule has 1 unspecified atom stereocenters. The fraction of sp³-hybridized carbons (Fsp3) is 0.167. The first kappa shape index (κ1) is 17.4. The summed E-state index contributed by atoms with van der Waals surface area (Å²) in [6.07, 6.45) is -1.76. The number of aliphatic carboxylic acids is 1. The molecule has 0 bridgehead atoms. The lowest BCUT2D eigenvalue weighted by Crippen LogP contribution is -2.49. The zero-order chi connectivity index (χ0) is 18.7. The van der Waals surface area contributed by atoms with Crippen molar-refractivity contribution < 1.29 is 28.6 Å². The fourth-order valence-electron chi connectivity index (χ4n) is 2.62. The highest BCUT2D eigenvalue weighted by atomic mass is 19.1. The van der Waals surface area contributed by atoms with Gasteiger partial charge in [0.15, 0.2) is 6.10 Å². The molecule has 3 rings (SSSR count). The van der Waals surface area contributed by atoms with Crippen LogP contribution in [0, 0.1) is 5.82 Å².